The molecular weight excluding hydrogens is 400 g/mol. The number of aromatic nitrogens is 2. The molecule has 1 aliphatic carbocycles. The Bertz CT molecular complexity index is 1010. The summed E-state index contributed by atoms with van der Waals surface area (Å²) in [5.74, 6) is 1.38. The van der Waals surface area contributed by atoms with Gasteiger partial charge in [0.15, 0.2) is 0 Å². The lowest BCUT2D eigenvalue weighted by atomic mass is 9.95. The van der Waals surface area contributed by atoms with E-state index in [1.54, 1.807) is 21.6 Å². The molecule has 160 valence electrons. The number of hydrogen-bond donors (Lipinski definition) is 1. The maximum atomic E-state index is 13.1. The van der Waals surface area contributed by atoms with Crippen molar-refractivity contribution in [3.8, 4) is 0 Å². The molecule has 2 aliphatic rings. The lowest BCUT2D eigenvalue weighted by Gasteiger charge is -2.26. The van der Waals surface area contributed by atoms with E-state index in [9.17, 15) is 14.4 Å². The van der Waals surface area contributed by atoms with Gasteiger partial charge in [-0.25, -0.2) is 4.98 Å². The van der Waals surface area contributed by atoms with Gasteiger partial charge < -0.3 is 14.8 Å². The molecule has 1 aliphatic heterocycles. The highest BCUT2D eigenvalue weighted by Gasteiger charge is 2.24. The average molecular weight is 429 g/mol. The van der Waals surface area contributed by atoms with Crippen LogP contribution < -0.4 is 10.7 Å². The number of nitrogens with zero attached hydrogens (tertiary/aromatic N) is 3. The van der Waals surface area contributed by atoms with Crippen LogP contribution in [0.25, 0.3) is 11.0 Å². The number of thioether (sulfide) groups is 1. The smallest absolute Gasteiger partial charge is 0.259 e. The molecule has 1 N–H and O–H groups in total. The Morgan fingerprint density at radius 2 is 1.90 bits per heavy atom. The normalized spacial score (nSPS) is 17.8. The van der Waals surface area contributed by atoms with Gasteiger partial charge in [-0.15, -0.1) is 0 Å². The molecule has 1 saturated carbocycles. The number of carbonyl (C=O) groups is 2. The van der Waals surface area contributed by atoms with Crippen LogP contribution in [0.1, 0.15) is 48.2 Å². The van der Waals surface area contributed by atoms with Crippen LogP contribution in [-0.4, -0.2) is 56.9 Å². The van der Waals surface area contributed by atoms with Crippen molar-refractivity contribution in [2.75, 3.05) is 24.6 Å². The number of fused-ring (bicyclic) bond motifs is 1. The fourth-order valence-corrected chi connectivity index (χ4v) is 5.15. The maximum absolute atomic E-state index is 13.1. The summed E-state index contributed by atoms with van der Waals surface area (Å²) >= 11 is 1.81. The zero-order chi connectivity index (χ0) is 21.1. The fraction of sp³-hybridized carbons (Fsp3) is 0.545. The SMILES string of the molecule is Cc1ccc2c(=O)c(C(=O)N3CCSCC3)cn(CC(=O)NC3CCCCC3)c2n1. The molecule has 3 heterocycles. The van der Waals surface area contributed by atoms with E-state index in [0.29, 0.717) is 24.1 Å². The zero-order valence-corrected chi connectivity index (χ0v) is 18.2. The Balaban J connectivity index is 1.67. The van der Waals surface area contributed by atoms with E-state index in [1.807, 2.05) is 18.7 Å². The second-order valence-corrected chi connectivity index (χ2v) is 9.36. The van der Waals surface area contributed by atoms with Crippen molar-refractivity contribution in [1.29, 1.82) is 0 Å². The summed E-state index contributed by atoms with van der Waals surface area (Å²) in [6.07, 6.45) is 7.04. The highest BCUT2D eigenvalue weighted by atomic mass is 32.2. The van der Waals surface area contributed by atoms with Crippen molar-refractivity contribution in [3.63, 3.8) is 0 Å². The Labute approximate surface area is 180 Å². The van der Waals surface area contributed by atoms with Gasteiger partial charge in [0.2, 0.25) is 11.3 Å². The summed E-state index contributed by atoms with van der Waals surface area (Å²) in [4.78, 5) is 45.1. The lowest BCUT2D eigenvalue weighted by molar-refractivity contribution is -0.122. The predicted molar refractivity (Wildman–Crippen MR) is 119 cm³/mol. The number of rotatable bonds is 4. The summed E-state index contributed by atoms with van der Waals surface area (Å²) in [7, 11) is 0. The van der Waals surface area contributed by atoms with Crippen LogP contribution in [0.3, 0.4) is 0 Å². The molecule has 0 atom stereocenters. The molecule has 0 spiro atoms. The first-order chi connectivity index (χ1) is 14.5. The third kappa shape index (κ3) is 4.53. The van der Waals surface area contributed by atoms with Crippen LogP contribution in [0.5, 0.6) is 0 Å². The quantitative estimate of drug-likeness (QED) is 0.808. The van der Waals surface area contributed by atoms with Gasteiger partial charge >= 0.3 is 0 Å². The van der Waals surface area contributed by atoms with Gasteiger partial charge in [-0.05, 0) is 31.9 Å². The average Bonchev–Trinajstić information content (AvgIpc) is 2.76. The molecule has 0 radical (unpaired) electrons. The van der Waals surface area contributed by atoms with Gasteiger partial charge in [0.05, 0.1) is 5.39 Å². The highest BCUT2D eigenvalue weighted by molar-refractivity contribution is 7.99. The Morgan fingerprint density at radius 1 is 1.17 bits per heavy atom. The van der Waals surface area contributed by atoms with Crippen molar-refractivity contribution in [1.82, 2.24) is 19.8 Å². The molecule has 0 aromatic carbocycles. The number of amides is 2. The topological polar surface area (TPSA) is 84.3 Å². The molecular formula is C22H28N4O3S. The van der Waals surface area contributed by atoms with E-state index in [-0.39, 0.29) is 35.4 Å². The first kappa shape index (κ1) is 20.9. The van der Waals surface area contributed by atoms with E-state index in [2.05, 4.69) is 10.3 Å². The van der Waals surface area contributed by atoms with E-state index in [1.165, 1.54) is 12.6 Å². The largest absolute Gasteiger partial charge is 0.352 e. The molecule has 1 saturated heterocycles. The standard InChI is InChI=1S/C22H28N4O3S/c1-15-7-8-17-20(28)18(22(29)25-9-11-30-12-10-25)13-26(21(17)23-15)14-19(27)24-16-5-3-2-4-6-16/h7-8,13,16H,2-6,9-12,14H2,1H3,(H,24,27). The van der Waals surface area contributed by atoms with Gasteiger partial charge in [-0.2, -0.15) is 11.8 Å². The third-order valence-corrected chi connectivity index (χ3v) is 6.82. The fourth-order valence-electron chi connectivity index (χ4n) is 4.24. The van der Waals surface area contributed by atoms with E-state index < -0.39 is 0 Å². The molecule has 2 aromatic heterocycles. The molecule has 0 unspecified atom stereocenters. The van der Waals surface area contributed by atoms with Gasteiger partial charge in [0.25, 0.3) is 5.91 Å². The van der Waals surface area contributed by atoms with E-state index in [0.717, 1.165) is 42.9 Å². The summed E-state index contributed by atoms with van der Waals surface area (Å²) < 4.78 is 1.66. The van der Waals surface area contributed by atoms with Crippen molar-refractivity contribution < 1.29 is 9.59 Å². The molecule has 2 fully saturated rings. The second-order valence-electron chi connectivity index (χ2n) is 8.13. The lowest BCUT2D eigenvalue weighted by Crippen LogP contribution is -2.41. The van der Waals surface area contributed by atoms with Crippen LogP contribution in [0.2, 0.25) is 0 Å². The highest BCUT2D eigenvalue weighted by Crippen LogP contribution is 2.18. The monoisotopic (exact) mass is 428 g/mol. The Kier molecular flexibility index (Phi) is 6.41. The van der Waals surface area contributed by atoms with Crippen molar-refractivity contribution in [3.05, 3.63) is 39.8 Å². The number of hydrogen-bond acceptors (Lipinski definition) is 5. The van der Waals surface area contributed by atoms with Crippen molar-refractivity contribution >= 4 is 34.6 Å². The summed E-state index contributed by atoms with van der Waals surface area (Å²) in [5.41, 5.74) is 1.01. The van der Waals surface area contributed by atoms with Gasteiger partial charge in [-0.3, -0.25) is 14.4 Å². The molecule has 2 amide bonds. The molecule has 8 heteroatoms. The minimum Gasteiger partial charge on any atom is -0.352 e. The minimum atomic E-state index is -0.315. The molecule has 30 heavy (non-hydrogen) atoms. The maximum Gasteiger partial charge on any atom is 0.259 e. The van der Waals surface area contributed by atoms with Gasteiger partial charge in [-0.1, -0.05) is 19.3 Å². The predicted octanol–water partition coefficient (Wildman–Crippen LogP) is 2.34. The van der Waals surface area contributed by atoms with Crippen LogP contribution in [0.4, 0.5) is 0 Å². The third-order valence-electron chi connectivity index (χ3n) is 5.87. The molecule has 4 rings (SSSR count). The Morgan fingerprint density at radius 3 is 2.63 bits per heavy atom. The number of nitrogens with one attached hydrogen (secondary N) is 1. The summed E-state index contributed by atoms with van der Waals surface area (Å²) in [6.45, 7) is 3.16. The number of pyridine rings is 2. The zero-order valence-electron chi connectivity index (χ0n) is 17.4. The number of aryl methyl sites for hydroxylation is 1. The second kappa shape index (κ2) is 9.20. The van der Waals surface area contributed by atoms with E-state index in [4.69, 9.17) is 0 Å². The Hall–Kier alpha value is -2.35. The van der Waals surface area contributed by atoms with Crippen LogP contribution in [-0.2, 0) is 11.3 Å². The van der Waals surface area contributed by atoms with Crippen molar-refractivity contribution in [2.24, 2.45) is 0 Å². The minimum absolute atomic E-state index is 0.0415. The summed E-state index contributed by atoms with van der Waals surface area (Å²) in [6, 6.07) is 3.68. The van der Waals surface area contributed by atoms with Crippen LogP contribution in [0, 0.1) is 6.92 Å². The first-order valence-electron chi connectivity index (χ1n) is 10.7. The molecule has 2 aromatic rings. The summed E-state index contributed by atoms with van der Waals surface area (Å²) in [5, 5.41) is 3.49. The van der Waals surface area contributed by atoms with Crippen LogP contribution in [0.15, 0.2) is 23.1 Å². The van der Waals surface area contributed by atoms with Crippen LogP contribution >= 0.6 is 11.8 Å². The number of carbonyl (C=O) groups excluding carboxylic acids is 2. The van der Waals surface area contributed by atoms with Gasteiger partial charge in [0, 0.05) is 42.5 Å². The van der Waals surface area contributed by atoms with E-state index >= 15 is 0 Å². The van der Waals surface area contributed by atoms with Gasteiger partial charge in [0.1, 0.15) is 17.8 Å². The first-order valence-corrected chi connectivity index (χ1v) is 11.9. The molecule has 0 bridgehead atoms. The molecule has 7 nitrogen and oxygen atoms in total. The van der Waals surface area contributed by atoms with Crippen molar-refractivity contribution in [2.45, 2.75) is 51.6 Å².